The third-order valence-electron chi connectivity index (χ3n) is 5.67. The monoisotopic (exact) mass is 440 g/mol. The maximum absolute atomic E-state index is 13.0. The summed E-state index contributed by atoms with van der Waals surface area (Å²) in [7, 11) is 0. The molecule has 4 amide bonds. The second kappa shape index (κ2) is 8.59. The zero-order valence-electron chi connectivity index (χ0n) is 17.4. The van der Waals surface area contributed by atoms with Gasteiger partial charge in [0.2, 0.25) is 11.8 Å². The number of rotatable bonds is 4. The number of aryl methyl sites for hydroxylation is 2. The van der Waals surface area contributed by atoms with Crippen LogP contribution in [0.1, 0.15) is 23.1 Å². The van der Waals surface area contributed by atoms with E-state index in [9.17, 15) is 14.4 Å². The summed E-state index contributed by atoms with van der Waals surface area (Å²) in [5.41, 5.74) is 3.75. The standard InChI is InChI=1S/C23H25ClN4O3/c1-13-7-14(2)9-17(8-13)25-23(31)26-18-11-20-21(29)27-19(22(30)28(20)12-18)10-15-3-5-16(24)6-4-15/h3-9,18-20H,10-12H2,1-2H3,(H,27,29)(H2,25,26,31)/t18-,19-,20-/m0/s1. The van der Waals surface area contributed by atoms with E-state index < -0.39 is 12.1 Å². The number of anilines is 1. The van der Waals surface area contributed by atoms with E-state index in [0.717, 1.165) is 16.7 Å². The number of hydrogen-bond donors (Lipinski definition) is 3. The van der Waals surface area contributed by atoms with Gasteiger partial charge in [-0.15, -0.1) is 0 Å². The number of amides is 4. The Morgan fingerprint density at radius 1 is 1.13 bits per heavy atom. The molecule has 0 bridgehead atoms. The lowest BCUT2D eigenvalue weighted by atomic mass is 10.0. The Bertz CT molecular complexity index is 1000. The first-order valence-corrected chi connectivity index (χ1v) is 10.7. The highest BCUT2D eigenvalue weighted by Crippen LogP contribution is 2.24. The predicted octanol–water partition coefficient (Wildman–Crippen LogP) is 2.79. The molecule has 0 saturated carbocycles. The summed E-state index contributed by atoms with van der Waals surface area (Å²) in [6.45, 7) is 4.25. The Morgan fingerprint density at radius 3 is 2.48 bits per heavy atom. The molecule has 0 radical (unpaired) electrons. The zero-order valence-corrected chi connectivity index (χ0v) is 18.2. The van der Waals surface area contributed by atoms with Crippen molar-refractivity contribution in [1.29, 1.82) is 0 Å². The Hall–Kier alpha value is -3.06. The molecule has 2 aromatic rings. The molecule has 2 saturated heterocycles. The lowest BCUT2D eigenvalue weighted by Crippen LogP contribution is -2.61. The zero-order chi connectivity index (χ0) is 22.1. The summed E-state index contributed by atoms with van der Waals surface area (Å²) in [5, 5.41) is 9.19. The van der Waals surface area contributed by atoms with E-state index in [1.165, 1.54) is 0 Å². The SMILES string of the molecule is Cc1cc(C)cc(NC(=O)N[C@H]2C[C@H]3C(=O)N[C@@H](Cc4ccc(Cl)cc4)C(=O)N3C2)c1. The van der Waals surface area contributed by atoms with E-state index in [2.05, 4.69) is 16.0 Å². The molecule has 2 fully saturated rings. The summed E-state index contributed by atoms with van der Waals surface area (Å²) in [6, 6.07) is 11.2. The van der Waals surface area contributed by atoms with E-state index in [-0.39, 0.29) is 23.9 Å². The van der Waals surface area contributed by atoms with Crippen LogP contribution in [0.5, 0.6) is 0 Å². The lowest BCUT2D eigenvalue weighted by molar-refractivity contribution is -0.147. The van der Waals surface area contributed by atoms with Gasteiger partial charge in [0.15, 0.2) is 0 Å². The Labute approximate surface area is 186 Å². The number of urea groups is 1. The van der Waals surface area contributed by atoms with Gasteiger partial charge in [-0.05, 0) is 61.2 Å². The minimum atomic E-state index is -0.618. The molecule has 2 heterocycles. The number of halogens is 1. The number of nitrogens with zero attached hydrogens (tertiary/aromatic N) is 1. The normalized spacial score (nSPS) is 22.7. The van der Waals surface area contributed by atoms with Crippen molar-refractivity contribution in [2.24, 2.45) is 0 Å². The largest absolute Gasteiger partial charge is 0.342 e. The molecule has 3 atom stereocenters. The van der Waals surface area contributed by atoms with Crippen molar-refractivity contribution in [2.75, 3.05) is 11.9 Å². The van der Waals surface area contributed by atoms with Gasteiger partial charge < -0.3 is 20.9 Å². The van der Waals surface area contributed by atoms with Crippen molar-refractivity contribution in [3.8, 4) is 0 Å². The van der Waals surface area contributed by atoms with Crippen molar-refractivity contribution in [1.82, 2.24) is 15.5 Å². The number of fused-ring (bicyclic) bond motifs is 1. The van der Waals surface area contributed by atoms with Gasteiger partial charge in [-0.2, -0.15) is 0 Å². The minimum Gasteiger partial charge on any atom is -0.342 e. The fourth-order valence-corrected chi connectivity index (χ4v) is 4.48. The van der Waals surface area contributed by atoms with Crippen LogP contribution in [0.3, 0.4) is 0 Å². The molecule has 2 aliphatic heterocycles. The van der Waals surface area contributed by atoms with Crippen LogP contribution >= 0.6 is 11.6 Å². The average molecular weight is 441 g/mol. The van der Waals surface area contributed by atoms with Gasteiger partial charge in [-0.3, -0.25) is 9.59 Å². The molecule has 7 nitrogen and oxygen atoms in total. The van der Waals surface area contributed by atoms with E-state index >= 15 is 0 Å². The van der Waals surface area contributed by atoms with Crippen LogP contribution in [0, 0.1) is 13.8 Å². The Balaban J connectivity index is 1.38. The van der Waals surface area contributed by atoms with Crippen LogP contribution in [0.15, 0.2) is 42.5 Å². The van der Waals surface area contributed by atoms with Crippen molar-refractivity contribution in [3.63, 3.8) is 0 Å². The van der Waals surface area contributed by atoms with Crippen LogP contribution in [0.2, 0.25) is 5.02 Å². The van der Waals surface area contributed by atoms with Crippen LogP contribution < -0.4 is 16.0 Å². The Kier molecular flexibility index (Phi) is 5.87. The third kappa shape index (κ3) is 4.82. The van der Waals surface area contributed by atoms with Crippen LogP contribution in [0.4, 0.5) is 10.5 Å². The Morgan fingerprint density at radius 2 is 1.81 bits per heavy atom. The fraction of sp³-hybridized carbons (Fsp3) is 0.348. The molecule has 2 aromatic carbocycles. The summed E-state index contributed by atoms with van der Waals surface area (Å²) >= 11 is 5.92. The highest BCUT2D eigenvalue weighted by atomic mass is 35.5. The second-order valence-electron chi connectivity index (χ2n) is 8.31. The van der Waals surface area contributed by atoms with E-state index in [1.54, 1.807) is 17.0 Å². The average Bonchev–Trinajstić information content (AvgIpc) is 3.11. The van der Waals surface area contributed by atoms with Crippen molar-refractivity contribution < 1.29 is 14.4 Å². The molecular formula is C23H25ClN4O3. The number of carbonyl (C=O) groups is 3. The van der Waals surface area contributed by atoms with Crippen molar-refractivity contribution >= 4 is 35.1 Å². The van der Waals surface area contributed by atoms with Gasteiger partial charge in [-0.1, -0.05) is 29.8 Å². The van der Waals surface area contributed by atoms with Crippen molar-refractivity contribution in [3.05, 3.63) is 64.2 Å². The molecular weight excluding hydrogens is 416 g/mol. The highest BCUT2D eigenvalue weighted by Gasteiger charge is 2.46. The van der Waals surface area contributed by atoms with Gasteiger partial charge in [-0.25, -0.2) is 4.79 Å². The van der Waals surface area contributed by atoms with Crippen LogP contribution in [0.25, 0.3) is 0 Å². The lowest BCUT2D eigenvalue weighted by Gasteiger charge is -2.34. The number of nitrogens with one attached hydrogen (secondary N) is 3. The topological polar surface area (TPSA) is 90.5 Å². The quantitative estimate of drug-likeness (QED) is 0.682. The van der Waals surface area contributed by atoms with Gasteiger partial charge in [0, 0.05) is 23.7 Å². The van der Waals surface area contributed by atoms with Gasteiger partial charge in [0.1, 0.15) is 12.1 Å². The number of benzene rings is 2. The highest BCUT2D eigenvalue weighted by molar-refractivity contribution is 6.30. The van der Waals surface area contributed by atoms with E-state index in [4.69, 9.17) is 11.6 Å². The third-order valence-corrected chi connectivity index (χ3v) is 5.92. The summed E-state index contributed by atoms with van der Waals surface area (Å²) in [5.74, 6) is -0.309. The molecule has 2 aliphatic rings. The first-order valence-electron chi connectivity index (χ1n) is 10.3. The molecule has 0 unspecified atom stereocenters. The molecule has 0 aliphatic carbocycles. The molecule has 4 rings (SSSR count). The maximum atomic E-state index is 13.0. The molecule has 31 heavy (non-hydrogen) atoms. The van der Waals surface area contributed by atoms with Crippen LogP contribution in [-0.4, -0.2) is 47.4 Å². The number of carbonyl (C=O) groups excluding carboxylic acids is 3. The molecule has 0 spiro atoms. The van der Waals surface area contributed by atoms with Gasteiger partial charge in [0.05, 0.1) is 6.04 Å². The maximum Gasteiger partial charge on any atom is 0.319 e. The van der Waals surface area contributed by atoms with Gasteiger partial charge >= 0.3 is 6.03 Å². The minimum absolute atomic E-state index is 0.126. The fourth-order valence-electron chi connectivity index (χ4n) is 4.36. The molecule has 8 heteroatoms. The predicted molar refractivity (Wildman–Crippen MR) is 119 cm³/mol. The first-order chi connectivity index (χ1) is 14.8. The van der Waals surface area contributed by atoms with E-state index in [1.807, 2.05) is 44.2 Å². The summed E-state index contributed by atoms with van der Waals surface area (Å²) in [6.07, 6.45) is 0.793. The molecule has 0 aromatic heterocycles. The number of hydrogen-bond acceptors (Lipinski definition) is 3. The summed E-state index contributed by atoms with van der Waals surface area (Å²) in [4.78, 5) is 39.6. The molecule has 162 valence electrons. The van der Waals surface area contributed by atoms with Crippen molar-refractivity contribution in [2.45, 2.75) is 44.8 Å². The van der Waals surface area contributed by atoms with Crippen LogP contribution in [-0.2, 0) is 16.0 Å². The molecule has 3 N–H and O–H groups in total. The van der Waals surface area contributed by atoms with E-state index in [0.29, 0.717) is 30.1 Å². The second-order valence-corrected chi connectivity index (χ2v) is 8.74. The first kappa shape index (κ1) is 21.2. The summed E-state index contributed by atoms with van der Waals surface area (Å²) < 4.78 is 0. The van der Waals surface area contributed by atoms with Gasteiger partial charge in [0.25, 0.3) is 0 Å². The number of piperazine rings is 1. The smallest absolute Gasteiger partial charge is 0.319 e.